The van der Waals surface area contributed by atoms with Gasteiger partial charge in [0.25, 0.3) is 0 Å². The molecule has 1 unspecified atom stereocenters. The summed E-state index contributed by atoms with van der Waals surface area (Å²) in [7, 11) is 0. The van der Waals surface area contributed by atoms with Crippen LogP contribution in [0.3, 0.4) is 0 Å². The monoisotopic (exact) mass is 294 g/mol. The molecule has 0 radical (unpaired) electrons. The van der Waals surface area contributed by atoms with Gasteiger partial charge in [-0.15, -0.1) is 0 Å². The van der Waals surface area contributed by atoms with Crippen LogP contribution in [0.5, 0.6) is 5.75 Å². The largest absolute Gasteiger partial charge is 0.491 e. The maximum atomic E-state index is 10.6. The zero-order valence-corrected chi connectivity index (χ0v) is 14.3. The van der Waals surface area contributed by atoms with Crippen molar-refractivity contribution in [2.45, 2.75) is 53.8 Å². The molecule has 1 N–H and O–H groups in total. The Morgan fingerprint density at radius 3 is 2.00 bits per heavy atom. The highest BCUT2D eigenvalue weighted by Crippen LogP contribution is 2.41. The Labute approximate surface area is 129 Å². The Hall–Kier alpha value is -1.06. The predicted octanol–water partition coefficient (Wildman–Crippen LogP) is 4.25. The van der Waals surface area contributed by atoms with E-state index in [4.69, 9.17) is 9.47 Å². The predicted molar refractivity (Wildman–Crippen MR) is 86.4 cm³/mol. The zero-order valence-electron chi connectivity index (χ0n) is 14.3. The van der Waals surface area contributed by atoms with Crippen molar-refractivity contribution in [2.24, 2.45) is 10.8 Å². The minimum atomic E-state index is -1.18. The average Bonchev–Trinajstić information content (AvgIpc) is 2.33. The second-order valence-electron chi connectivity index (χ2n) is 7.61. The van der Waals surface area contributed by atoms with E-state index in [0.29, 0.717) is 13.2 Å². The molecule has 0 aliphatic rings. The lowest BCUT2D eigenvalue weighted by atomic mass is 9.71. The lowest BCUT2D eigenvalue weighted by Crippen LogP contribution is -2.47. The molecular weight excluding hydrogens is 264 g/mol. The molecule has 0 bridgehead atoms. The Balaban J connectivity index is 2.45. The van der Waals surface area contributed by atoms with Crippen LogP contribution in [0, 0.1) is 10.8 Å². The van der Waals surface area contributed by atoms with Gasteiger partial charge in [-0.3, -0.25) is 0 Å². The first-order valence-electron chi connectivity index (χ1n) is 7.58. The van der Waals surface area contributed by atoms with Gasteiger partial charge in [-0.1, -0.05) is 52.8 Å². The van der Waals surface area contributed by atoms with Crippen LogP contribution in [-0.2, 0) is 4.74 Å². The maximum absolute atomic E-state index is 10.6. The topological polar surface area (TPSA) is 38.7 Å². The molecule has 0 heterocycles. The van der Waals surface area contributed by atoms with E-state index in [-0.39, 0.29) is 10.8 Å². The van der Waals surface area contributed by atoms with Crippen LogP contribution in [0.4, 0.5) is 0 Å². The van der Waals surface area contributed by atoms with Crippen LogP contribution in [0.15, 0.2) is 30.3 Å². The standard InChI is InChI=1S/C18H30O3/c1-16(2,3)14-17(4,5)18(6,19)21-13-12-20-15-10-8-7-9-11-15/h7-11,19H,12-14H2,1-6H3. The average molecular weight is 294 g/mol. The normalized spacial score (nSPS) is 15.6. The molecule has 0 aliphatic carbocycles. The van der Waals surface area contributed by atoms with Crippen LogP contribution < -0.4 is 4.74 Å². The molecule has 0 saturated carbocycles. The summed E-state index contributed by atoms with van der Waals surface area (Å²) >= 11 is 0. The molecule has 0 amide bonds. The third-order valence-corrected chi connectivity index (χ3v) is 3.71. The number of hydrogen-bond donors (Lipinski definition) is 1. The third-order valence-electron chi connectivity index (χ3n) is 3.71. The first-order chi connectivity index (χ1) is 9.54. The lowest BCUT2D eigenvalue weighted by molar-refractivity contribution is -0.261. The van der Waals surface area contributed by atoms with Crippen molar-refractivity contribution in [1.82, 2.24) is 0 Å². The molecule has 1 aromatic carbocycles. The van der Waals surface area contributed by atoms with Gasteiger partial charge in [0, 0.05) is 5.41 Å². The van der Waals surface area contributed by atoms with Gasteiger partial charge in [-0.05, 0) is 30.9 Å². The molecule has 0 aromatic heterocycles. The summed E-state index contributed by atoms with van der Waals surface area (Å²) in [6.45, 7) is 13.1. The molecule has 1 aromatic rings. The molecule has 0 spiro atoms. The molecular formula is C18H30O3. The highest BCUT2D eigenvalue weighted by molar-refractivity contribution is 5.20. The molecule has 3 heteroatoms. The number of ether oxygens (including phenoxy) is 2. The Morgan fingerprint density at radius 1 is 0.905 bits per heavy atom. The number of hydrogen-bond acceptors (Lipinski definition) is 3. The molecule has 21 heavy (non-hydrogen) atoms. The van der Waals surface area contributed by atoms with Gasteiger partial charge in [0.05, 0.1) is 6.61 Å². The number of benzene rings is 1. The molecule has 1 rings (SSSR count). The van der Waals surface area contributed by atoms with Crippen molar-refractivity contribution < 1.29 is 14.6 Å². The van der Waals surface area contributed by atoms with Crippen LogP contribution >= 0.6 is 0 Å². The summed E-state index contributed by atoms with van der Waals surface area (Å²) in [5, 5.41) is 10.6. The smallest absolute Gasteiger partial charge is 0.167 e. The first-order valence-corrected chi connectivity index (χ1v) is 7.58. The molecule has 3 nitrogen and oxygen atoms in total. The first kappa shape index (κ1) is 18.0. The fourth-order valence-electron chi connectivity index (χ4n) is 2.60. The van der Waals surface area contributed by atoms with E-state index >= 15 is 0 Å². The molecule has 120 valence electrons. The number of para-hydroxylation sites is 1. The van der Waals surface area contributed by atoms with Crippen molar-refractivity contribution in [3.05, 3.63) is 30.3 Å². The summed E-state index contributed by atoms with van der Waals surface area (Å²) < 4.78 is 11.3. The van der Waals surface area contributed by atoms with Crippen LogP contribution in [0.1, 0.15) is 48.0 Å². The van der Waals surface area contributed by atoms with E-state index in [0.717, 1.165) is 12.2 Å². The van der Waals surface area contributed by atoms with E-state index in [1.54, 1.807) is 6.92 Å². The van der Waals surface area contributed by atoms with Crippen LogP contribution in [0.2, 0.25) is 0 Å². The number of rotatable bonds is 7. The van der Waals surface area contributed by atoms with Crippen molar-refractivity contribution in [3.63, 3.8) is 0 Å². The summed E-state index contributed by atoms with van der Waals surface area (Å²) in [4.78, 5) is 0. The van der Waals surface area contributed by atoms with E-state index in [1.165, 1.54) is 0 Å². The Bertz CT molecular complexity index is 416. The highest BCUT2D eigenvalue weighted by Gasteiger charge is 2.42. The summed E-state index contributed by atoms with van der Waals surface area (Å²) in [6, 6.07) is 9.62. The van der Waals surface area contributed by atoms with Gasteiger partial charge in [0.1, 0.15) is 12.4 Å². The molecule has 0 fully saturated rings. The van der Waals surface area contributed by atoms with E-state index in [9.17, 15) is 5.11 Å². The minimum Gasteiger partial charge on any atom is -0.491 e. The van der Waals surface area contributed by atoms with Crippen LogP contribution in [0.25, 0.3) is 0 Å². The van der Waals surface area contributed by atoms with Crippen molar-refractivity contribution in [2.75, 3.05) is 13.2 Å². The quantitative estimate of drug-likeness (QED) is 0.603. The van der Waals surface area contributed by atoms with E-state index < -0.39 is 5.79 Å². The van der Waals surface area contributed by atoms with Gasteiger partial charge in [0.15, 0.2) is 5.79 Å². The minimum absolute atomic E-state index is 0.136. The van der Waals surface area contributed by atoms with Gasteiger partial charge < -0.3 is 14.6 Å². The number of aliphatic hydroxyl groups is 1. The van der Waals surface area contributed by atoms with Gasteiger partial charge in [-0.25, -0.2) is 0 Å². The fraction of sp³-hybridized carbons (Fsp3) is 0.667. The molecule has 0 saturated heterocycles. The fourth-order valence-corrected chi connectivity index (χ4v) is 2.60. The van der Waals surface area contributed by atoms with Gasteiger partial charge in [0.2, 0.25) is 0 Å². The Morgan fingerprint density at radius 2 is 1.48 bits per heavy atom. The molecule has 1 atom stereocenters. The van der Waals surface area contributed by atoms with Crippen LogP contribution in [-0.4, -0.2) is 24.1 Å². The van der Waals surface area contributed by atoms with Crippen molar-refractivity contribution >= 4 is 0 Å². The van der Waals surface area contributed by atoms with Gasteiger partial charge in [-0.2, -0.15) is 0 Å². The van der Waals surface area contributed by atoms with E-state index in [1.807, 2.05) is 44.2 Å². The summed E-state index contributed by atoms with van der Waals surface area (Å²) in [5.41, 5.74) is -0.199. The second-order valence-corrected chi connectivity index (χ2v) is 7.61. The summed E-state index contributed by atoms with van der Waals surface area (Å²) in [5.74, 6) is -0.366. The molecule has 0 aliphatic heterocycles. The maximum Gasteiger partial charge on any atom is 0.167 e. The van der Waals surface area contributed by atoms with E-state index in [2.05, 4.69) is 20.8 Å². The highest BCUT2D eigenvalue weighted by atomic mass is 16.6. The van der Waals surface area contributed by atoms with Gasteiger partial charge >= 0.3 is 0 Å². The lowest BCUT2D eigenvalue weighted by Gasteiger charge is -2.43. The van der Waals surface area contributed by atoms with Crippen molar-refractivity contribution in [3.8, 4) is 5.75 Å². The third kappa shape index (κ3) is 6.06. The Kier molecular flexibility index (Phi) is 5.83. The zero-order chi connectivity index (χ0) is 16.1. The van der Waals surface area contributed by atoms with Crippen molar-refractivity contribution in [1.29, 1.82) is 0 Å². The summed E-state index contributed by atoms with van der Waals surface area (Å²) in [6.07, 6.45) is 0.868. The SMILES string of the molecule is CC(C)(C)CC(C)(C)C(C)(O)OCCOc1ccccc1. The second kappa shape index (κ2) is 6.80.